The van der Waals surface area contributed by atoms with Crippen molar-refractivity contribution in [3.63, 3.8) is 0 Å². The molecule has 1 unspecified atom stereocenters. The summed E-state index contributed by atoms with van der Waals surface area (Å²) in [7, 11) is -3.04. The third-order valence-corrected chi connectivity index (χ3v) is 8.94. The molecule has 4 heterocycles. The van der Waals surface area contributed by atoms with E-state index in [9.17, 15) is 62.3 Å². The van der Waals surface area contributed by atoms with Gasteiger partial charge in [0, 0.05) is 69.3 Å². The van der Waals surface area contributed by atoms with Crippen LogP contribution in [0.15, 0.2) is 24.3 Å². The maximum absolute atomic E-state index is 13.7. The zero-order valence-electron chi connectivity index (χ0n) is 30.7. The number of aromatic nitrogens is 6. The minimum absolute atomic E-state index is 0. The first kappa shape index (κ1) is 48.4. The van der Waals surface area contributed by atoms with E-state index in [1.165, 1.54) is 9.80 Å². The van der Waals surface area contributed by atoms with Gasteiger partial charge in [0.1, 0.15) is 11.6 Å². The average molecular weight is 913 g/mol. The first-order valence-electron chi connectivity index (χ1n) is 17.2. The highest BCUT2D eigenvalue weighted by molar-refractivity contribution is 7.30. The normalized spacial score (nSPS) is 15.1. The molecule has 29 heteroatoms. The Kier molecular flexibility index (Phi) is 15.9. The van der Waals surface area contributed by atoms with E-state index in [-0.39, 0.29) is 89.2 Å². The van der Waals surface area contributed by atoms with Gasteiger partial charge in [-0.05, 0) is 40.7 Å². The SMILES string of the molecule is N[C@H](CC(=O)N1CCn2c(nnc2C(F)(F)F)C1)Cc1cc(F)c(F)cc1F.N[C@H](CC(=O)N1CCn2c(nnc2C(F)(F)F)C1)Cc1cc(F)c(F)cc1F.O=[P+]([O-])OO.[HH]. The molecule has 2 aliphatic rings. The van der Waals surface area contributed by atoms with Crippen molar-refractivity contribution in [3.8, 4) is 0 Å². The number of amides is 2. The van der Waals surface area contributed by atoms with E-state index >= 15 is 0 Å². The van der Waals surface area contributed by atoms with Crippen LogP contribution in [0.5, 0.6) is 0 Å². The molecule has 3 atom stereocenters. The Bertz CT molecular complexity index is 2090. The van der Waals surface area contributed by atoms with E-state index < -0.39 is 91.1 Å². The van der Waals surface area contributed by atoms with Crippen molar-refractivity contribution in [2.45, 2.75) is 76.3 Å². The highest BCUT2D eigenvalue weighted by Gasteiger charge is 2.41. The van der Waals surface area contributed by atoms with Gasteiger partial charge in [0.25, 0.3) is 0 Å². The van der Waals surface area contributed by atoms with Crippen molar-refractivity contribution in [2.75, 3.05) is 13.1 Å². The Hall–Kier alpha value is -5.28. The van der Waals surface area contributed by atoms with Gasteiger partial charge in [-0.15, -0.1) is 20.4 Å². The minimum atomic E-state index is -4.64. The molecule has 0 bridgehead atoms. The quantitative estimate of drug-likeness (QED) is 0.0718. The number of fused-ring (bicyclic) bond motifs is 2. The van der Waals surface area contributed by atoms with E-state index in [1.54, 1.807) is 0 Å². The predicted octanol–water partition coefficient (Wildman–Crippen LogP) is 3.77. The molecule has 2 aromatic carbocycles. The molecule has 61 heavy (non-hydrogen) atoms. The number of rotatable bonds is 9. The van der Waals surface area contributed by atoms with Crippen molar-refractivity contribution in [1.29, 1.82) is 0 Å². The summed E-state index contributed by atoms with van der Waals surface area (Å²) in [4.78, 5) is 36.2. The van der Waals surface area contributed by atoms with E-state index in [0.29, 0.717) is 24.3 Å². The Balaban J connectivity index is 0.000000294. The highest BCUT2D eigenvalue weighted by atomic mass is 31.1. The third kappa shape index (κ3) is 12.9. The second kappa shape index (κ2) is 20.1. The maximum Gasteiger partial charge on any atom is 0.521 e. The van der Waals surface area contributed by atoms with Gasteiger partial charge >= 0.3 is 20.6 Å². The Morgan fingerprint density at radius 1 is 0.672 bits per heavy atom. The third-order valence-electron chi connectivity index (χ3n) is 8.80. The first-order valence-corrected chi connectivity index (χ1v) is 18.3. The molecule has 2 aromatic heterocycles. The van der Waals surface area contributed by atoms with Gasteiger partial charge < -0.3 is 35.3 Å². The molecule has 0 fully saturated rings. The summed E-state index contributed by atoms with van der Waals surface area (Å²) in [5.41, 5.74) is 11.3. The summed E-state index contributed by atoms with van der Waals surface area (Å²) in [5, 5.41) is 20.2. The largest absolute Gasteiger partial charge is 0.565 e. The van der Waals surface area contributed by atoms with E-state index in [1.807, 2.05) is 0 Å². The maximum atomic E-state index is 13.7. The number of benzene rings is 2. The van der Waals surface area contributed by atoms with Gasteiger partial charge in [0.15, 0.2) is 34.9 Å². The van der Waals surface area contributed by atoms with Crippen molar-refractivity contribution in [1.82, 2.24) is 39.3 Å². The van der Waals surface area contributed by atoms with Crippen LogP contribution in [0.25, 0.3) is 0 Å². The highest BCUT2D eigenvalue weighted by Crippen LogP contribution is 2.31. The molecule has 5 N–H and O–H groups in total. The average Bonchev–Trinajstić information content (AvgIpc) is 3.81. The number of nitrogens with zero attached hydrogens (tertiary/aromatic N) is 8. The van der Waals surface area contributed by atoms with Crippen LogP contribution in [0.2, 0.25) is 0 Å². The number of nitrogens with two attached hydrogens (primary N) is 2. The Labute approximate surface area is 337 Å². The summed E-state index contributed by atoms with van der Waals surface area (Å²) in [6, 6.07) is 0.368. The zero-order valence-corrected chi connectivity index (χ0v) is 31.6. The molecule has 6 rings (SSSR count). The molecular weight excluding hydrogens is 879 g/mol. The fraction of sp³-hybridized carbons (Fsp3) is 0.438. The van der Waals surface area contributed by atoms with Crippen LogP contribution in [-0.4, -0.2) is 81.6 Å². The van der Waals surface area contributed by atoms with Crippen molar-refractivity contribution in [3.05, 3.63) is 93.6 Å². The molecule has 0 saturated heterocycles. The van der Waals surface area contributed by atoms with Crippen LogP contribution in [0.3, 0.4) is 0 Å². The topological polar surface area (TPSA) is 224 Å². The monoisotopic (exact) mass is 912 g/mol. The first-order chi connectivity index (χ1) is 28.4. The molecular formula is C32H33F12N10O6P. The summed E-state index contributed by atoms with van der Waals surface area (Å²) in [6.07, 6.45) is -10.2. The van der Waals surface area contributed by atoms with Gasteiger partial charge in [-0.25, -0.2) is 31.6 Å². The molecule has 2 aliphatic heterocycles. The zero-order chi connectivity index (χ0) is 45.6. The fourth-order valence-electron chi connectivity index (χ4n) is 6.02. The summed E-state index contributed by atoms with van der Waals surface area (Å²) in [6.45, 7) is -0.604. The van der Waals surface area contributed by atoms with Gasteiger partial charge in [0.05, 0.1) is 13.1 Å². The molecule has 4 aromatic rings. The molecule has 336 valence electrons. The number of alkyl halides is 6. The van der Waals surface area contributed by atoms with Crippen molar-refractivity contribution in [2.24, 2.45) is 11.5 Å². The van der Waals surface area contributed by atoms with Gasteiger partial charge in [0.2, 0.25) is 23.5 Å². The molecule has 0 saturated carbocycles. The number of carbonyl (C=O) groups is 2. The summed E-state index contributed by atoms with van der Waals surface area (Å²) in [5.74, 6) is -10.3. The lowest BCUT2D eigenvalue weighted by Gasteiger charge is -2.29. The van der Waals surface area contributed by atoms with E-state index in [2.05, 4.69) is 25.1 Å². The van der Waals surface area contributed by atoms with Crippen LogP contribution in [-0.2, 0) is 70.2 Å². The van der Waals surface area contributed by atoms with Gasteiger partial charge in [-0.2, -0.15) is 26.3 Å². The second-order valence-corrected chi connectivity index (χ2v) is 13.8. The minimum Gasteiger partial charge on any atom is -0.565 e. The summed E-state index contributed by atoms with van der Waals surface area (Å²) < 4.78 is 170. The predicted molar refractivity (Wildman–Crippen MR) is 180 cm³/mol. The van der Waals surface area contributed by atoms with Crippen LogP contribution in [0, 0.1) is 34.9 Å². The summed E-state index contributed by atoms with van der Waals surface area (Å²) >= 11 is 0. The fourth-order valence-corrected chi connectivity index (χ4v) is 6.02. The van der Waals surface area contributed by atoms with Gasteiger partial charge in [-0.3, -0.25) is 9.59 Å². The Morgan fingerprint density at radius 2 is 1.00 bits per heavy atom. The lowest BCUT2D eigenvalue weighted by molar-refractivity contribution is -0.244. The molecule has 0 radical (unpaired) electrons. The van der Waals surface area contributed by atoms with E-state index in [4.69, 9.17) is 26.2 Å². The lowest BCUT2D eigenvalue weighted by Crippen LogP contribution is -2.42. The van der Waals surface area contributed by atoms with E-state index in [0.717, 1.165) is 9.13 Å². The van der Waals surface area contributed by atoms with Crippen molar-refractivity contribution < 1.29 is 83.1 Å². The molecule has 0 spiro atoms. The lowest BCUT2D eigenvalue weighted by atomic mass is 10.0. The molecule has 0 aliphatic carbocycles. The Morgan fingerprint density at radius 3 is 1.31 bits per heavy atom. The molecule has 16 nitrogen and oxygen atoms in total. The molecule has 2 amide bonds. The number of carbonyl (C=O) groups excluding carboxylic acids is 2. The number of hydrogen-bond acceptors (Lipinski definition) is 12. The second-order valence-electron chi connectivity index (χ2n) is 13.2. The van der Waals surface area contributed by atoms with Crippen LogP contribution in [0.4, 0.5) is 52.7 Å². The number of halogens is 12. The van der Waals surface area contributed by atoms with Crippen molar-refractivity contribution >= 4 is 20.1 Å². The van der Waals surface area contributed by atoms with Crippen LogP contribution in [0.1, 0.15) is 48.7 Å². The number of hydrogen-bond donors (Lipinski definition) is 3. The standard InChI is InChI=1S/2C16H15F6N5O.HO4P.H2/c2*17-10-6-12(19)11(18)4-8(10)3-9(23)5-14(28)26-1-2-27-13(7-26)24-25-15(27)16(20,21)22;1-4-5(2)3;/h2*4,6,9H,1-3,5,7,23H2;1H;1H/t2*9-;;/m00../s1. The smallest absolute Gasteiger partial charge is 0.521 e. The van der Waals surface area contributed by atoms with Gasteiger partial charge in [-0.1, -0.05) is 0 Å². The van der Waals surface area contributed by atoms with Crippen LogP contribution < -0.4 is 16.4 Å². The van der Waals surface area contributed by atoms with Crippen LogP contribution >= 0.6 is 8.25 Å².